The van der Waals surface area contributed by atoms with Crippen LogP contribution in [0.3, 0.4) is 0 Å². The summed E-state index contributed by atoms with van der Waals surface area (Å²) in [5, 5.41) is 10.0. The molecule has 0 unspecified atom stereocenters. The lowest BCUT2D eigenvalue weighted by Crippen LogP contribution is -2.03. The molecule has 1 N–H and O–H groups in total. The van der Waals surface area contributed by atoms with Crippen LogP contribution in [0.5, 0.6) is 0 Å². The average molecular weight is 472 g/mol. The number of rotatable bonds is 5. The van der Waals surface area contributed by atoms with Crippen LogP contribution >= 0.6 is 11.6 Å². The molecule has 0 atom stereocenters. The third-order valence-electron chi connectivity index (χ3n) is 5.96. The molecule has 0 bridgehead atoms. The molecule has 0 saturated carbocycles. The number of benzene rings is 3. The number of carboxylic acids is 1. The molecule has 34 heavy (non-hydrogen) atoms. The summed E-state index contributed by atoms with van der Waals surface area (Å²) < 4.78 is 7.64. The summed E-state index contributed by atoms with van der Waals surface area (Å²) in [6.45, 7) is 6.10. The molecule has 0 amide bonds. The highest BCUT2D eigenvalue weighted by Crippen LogP contribution is 2.31. The fourth-order valence-corrected chi connectivity index (χ4v) is 4.45. The van der Waals surface area contributed by atoms with Crippen molar-refractivity contribution in [1.29, 1.82) is 0 Å². The molecular formula is C27H22ClN3O3. The maximum absolute atomic E-state index is 11.4. The number of nitrogens with zero attached hydrogens (tertiary/aromatic N) is 3. The lowest BCUT2D eigenvalue weighted by Gasteiger charge is -2.11. The van der Waals surface area contributed by atoms with Gasteiger partial charge >= 0.3 is 5.97 Å². The zero-order chi connectivity index (χ0) is 24.0. The van der Waals surface area contributed by atoms with Gasteiger partial charge in [0.1, 0.15) is 5.82 Å². The number of hydrogen-bond acceptors (Lipinski definition) is 4. The molecule has 7 heteroatoms. The Bertz CT molecular complexity index is 1550. The first-order valence-electron chi connectivity index (χ1n) is 10.8. The molecular weight excluding hydrogens is 450 g/mol. The smallest absolute Gasteiger partial charge is 0.373 e. The minimum Gasteiger partial charge on any atom is -0.475 e. The summed E-state index contributed by atoms with van der Waals surface area (Å²) in [5.41, 5.74) is 6.93. The van der Waals surface area contributed by atoms with Crippen LogP contribution in [0.1, 0.15) is 33.2 Å². The Morgan fingerprint density at radius 3 is 2.41 bits per heavy atom. The van der Waals surface area contributed by atoms with Crippen molar-refractivity contribution in [1.82, 2.24) is 14.5 Å². The summed E-state index contributed by atoms with van der Waals surface area (Å²) in [6.07, 6.45) is 0. The van der Waals surface area contributed by atoms with Crippen LogP contribution in [0.25, 0.3) is 33.6 Å². The second-order valence-corrected chi connectivity index (χ2v) is 8.72. The molecule has 5 rings (SSSR count). The van der Waals surface area contributed by atoms with E-state index in [2.05, 4.69) is 27.8 Å². The number of aromatic nitrogens is 3. The number of halogens is 1. The Hall–Kier alpha value is -3.90. The van der Waals surface area contributed by atoms with Crippen molar-refractivity contribution >= 4 is 28.6 Å². The summed E-state index contributed by atoms with van der Waals surface area (Å²) in [7, 11) is 0. The van der Waals surface area contributed by atoms with E-state index in [-0.39, 0.29) is 11.7 Å². The van der Waals surface area contributed by atoms with Gasteiger partial charge < -0.3 is 14.1 Å². The van der Waals surface area contributed by atoms with Crippen molar-refractivity contribution in [2.75, 3.05) is 0 Å². The lowest BCUT2D eigenvalue weighted by atomic mass is 10.0. The van der Waals surface area contributed by atoms with Crippen LogP contribution in [0.2, 0.25) is 5.02 Å². The minimum atomic E-state index is -1.14. The zero-order valence-electron chi connectivity index (χ0n) is 19.0. The van der Waals surface area contributed by atoms with Crippen LogP contribution in [-0.2, 0) is 6.54 Å². The van der Waals surface area contributed by atoms with Crippen molar-refractivity contribution in [2.45, 2.75) is 27.3 Å². The largest absolute Gasteiger partial charge is 0.475 e. The van der Waals surface area contributed by atoms with Crippen molar-refractivity contribution in [3.05, 3.63) is 94.1 Å². The summed E-state index contributed by atoms with van der Waals surface area (Å²) >= 11 is 6.69. The molecule has 170 valence electrons. The van der Waals surface area contributed by atoms with Gasteiger partial charge in [-0.15, -0.1) is 0 Å². The van der Waals surface area contributed by atoms with Gasteiger partial charge in [-0.05, 0) is 61.2 Å². The molecule has 3 aromatic carbocycles. The molecule has 0 aliphatic carbocycles. The Morgan fingerprint density at radius 2 is 1.74 bits per heavy atom. The predicted octanol–water partition coefficient (Wildman–Crippen LogP) is 6.68. The fraction of sp³-hybridized carbons (Fsp3) is 0.148. The number of oxazole rings is 1. The second-order valence-electron chi connectivity index (χ2n) is 8.32. The van der Waals surface area contributed by atoms with E-state index in [9.17, 15) is 9.90 Å². The Morgan fingerprint density at radius 1 is 0.971 bits per heavy atom. The van der Waals surface area contributed by atoms with E-state index in [1.165, 1.54) is 0 Å². The van der Waals surface area contributed by atoms with E-state index in [1.807, 2.05) is 56.3 Å². The van der Waals surface area contributed by atoms with E-state index in [0.717, 1.165) is 39.1 Å². The van der Waals surface area contributed by atoms with Crippen molar-refractivity contribution in [3.63, 3.8) is 0 Å². The van der Waals surface area contributed by atoms with Crippen LogP contribution < -0.4 is 0 Å². The normalized spacial score (nSPS) is 11.3. The molecule has 0 saturated heterocycles. The minimum absolute atomic E-state index is 0.150. The number of aryl methyl sites for hydroxylation is 3. The molecule has 5 aromatic rings. The van der Waals surface area contributed by atoms with Gasteiger partial charge in [-0.1, -0.05) is 54.1 Å². The van der Waals surface area contributed by atoms with Gasteiger partial charge in [0.05, 0.1) is 23.3 Å². The fourth-order valence-electron chi connectivity index (χ4n) is 4.21. The zero-order valence-corrected chi connectivity index (χ0v) is 19.7. The SMILES string of the molecule is Cc1nc(-c2cc(C)c3nc(C)n(Cc4ccc(-c5ccccc5)cc4Cl)c3c2)oc1C(=O)O. The number of carboxylic acid groups (broad SMARTS) is 1. The van der Waals surface area contributed by atoms with Crippen LogP contribution in [0.4, 0.5) is 0 Å². The maximum atomic E-state index is 11.4. The van der Waals surface area contributed by atoms with Gasteiger partial charge in [0.2, 0.25) is 11.7 Å². The van der Waals surface area contributed by atoms with Crippen LogP contribution in [0.15, 0.2) is 65.1 Å². The van der Waals surface area contributed by atoms with Gasteiger partial charge in [0.15, 0.2) is 0 Å². The van der Waals surface area contributed by atoms with E-state index in [1.54, 1.807) is 6.92 Å². The summed E-state index contributed by atoms with van der Waals surface area (Å²) in [4.78, 5) is 20.5. The quantitative estimate of drug-likeness (QED) is 0.309. The van der Waals surface area contributed by atoms with Gasteiger partial charge in [-0.2, -0.15) is 0 Å². The van der Waals surface area contributed by atoms with Crippen molar-refractivity contribution < 1.29 is 14.3 Å². The van der Waals surface area contributed by atoms with Crippen LogP contribution in [-0.4, -0.2) is 25.6 Å². The average Bonchev–Trinajstić information content (AvgIpc) is 3.36. The predicted molar refractivity (Wildman–Crippen MR) is 132 cm³/mol. The first-order chi connectivity index (χ1) is 16.3. The molecule has 2 aromatic heterocycles. The van der Waals surface area contributed by atoms with Crippen molar-refractivity contribution in [3.8, 4) is 22.6 Å². The first-order valence-corrected chi connectivity index (χ1v) is 11.2. The third kappa shape index (κ3) is 3.86. The van der Waals surface area contributed by atoms with E-state index < -0.39 is 5.97 Å². The number of carbonyl (C=O) groups is 1. The summed E-state index contributed by atoms with van der Waals surface area (Å²) in [5.74, 6) is -0.157. The highest BCUT2D eigenvalue weighted by atomic mass is 35.5. The Balaban J connectivity index is 1.56. The van der Waals surface area contributed by atoms with E-state index >= 15 is 0 Å². The van der Waals surface area contributed by atoms with E-state index in [0.29, 0.717) is 22.8 Å². The highest BCUT2D eigenvalue weighted by Gasteiger charge is 2.20. The van der Waals surface area contributed by atoms with Gasteiger partial charge in [0, 0.05) is 10.6 Å². The standard InChI is InChI=1S/C27H22ClN3O3/c1-15-11-21(26-29-16(2)25(34-26)27(32)33)13-23-24(15)30-17(3)31(23)14-20-10-9-19(12-22(20)28)18-7-5-4-6-8-18/h4-13H,14H2,1-3H3,(H,32,33). The number of imidazole rings is 1. The van der Waals surface area contributed by atoms with Gasteiger partial charge in [-0.25, -0.2) is 14.8 Å². The molecule has 0 fully saturated rings. The topological polar surface area (TPSA) is 81.2 Å². The lowest BCUT2D eigenvalue weighted by molar-refractivity contribution is 0.0662. The van der Waals surface area contributed by atoms with Crippen molar-refractivity contribution in [2.24, 2.45) is 0 Å². The molecule has 0 radical (unpaired) electrons. The third-order valence-corrected chi connectivity index (χ3v) is 6.31. The van der Waals surface area contributed by atoms with E-state index in [4.69, 9.17) is 21.0 Å². The maximum Gasteiger partial charge on any atom is 0.373 e. The first kappa shape index (κ1) is 21.9. The van der Waals surface area contributed by atoms with Gasteiger partial charge in [-0.3, -0.25) is 0 Å². The molecule has 6 nitrogen and oxygen atoms in total. The molecule has 0 aliphatic rings. The number of fused-ring (bicyclic) bond motifs is 1. The Kier molecular flexibility index (Phi) is 5.46. The summed E-state index contributed by atoms with van der Waals surface area (Å²) in [6, 6.07) is 20.1. The number of hydrogen-bond donors (Lipinski definition) is 1. The van der Waals surface area contributed by atoms with Gasteiger partial charge in [0.25, 0.3) is 0 Å². The number of aromatic carboxylic acids is 1. The molecule has 0 aliphatic heterocycles. The molecule has 0 spiro atoms. The molecule has 2 heterocycles. The monoisotopic (exact) mass is 471 g/mol. The highest BCUT2D eigenvalue weighted by molar-refractivity contribution is 6.31. The van der Waals surface area contributed by atoms with Crippen LogP contribution in [0, 0.1) is 20.8 Å². The second kappa shape index (κ2) is 8.47. The Labute approximate surface area is 201 Å².